The molecule has 0 saturated heterocycles. The Bertz CT molecular complexity index is 499. The van der Waals surface area contributed by atoms with E-state index in [9.17, 15) is 4.79 Å². The maximum absolute atomic E-state index is 12.1. The van der Waals surface area contributed by atoms with E-state index in [4.69, 9.17) is 5.73 Å². The fourth-order valence-electron chi connectivity index (χ4n) is 2.16. The highest BCUT2D eigenvalue weighted by Crippen LogP contribution is 2.12. The molecule has 0 spiro atoms. The van der Waals surface area contributed by atoms with Gasteiger partial charge in [-0.05, 0) is 18.1 Å². The van der Waals surface area contributed by atoms with Crippen LogP contribution in [0.25, 0.3) is 0 Å². The third-order valence-electron chi connectivity index (χ3n) is 3.42. The molecule has 0 fully saturated rings. The summed E-state index contributed by atoms with van der Waals surface area (Å²) in [4.78, 5) is 13.9. The molecule has 0 radical (unpaired) electrons. The minimum absolute atomic E-state index is 0.202. The second-order valence-corrected chi connectivity index (χ2v) is 5.22. The molecule has 1 aromatic rings. The number of hydrogen-bond donors (Lipinski definition) is 1. The highest BCUT2D eigenvalue weighted by molar-refractivity contribution is 5.75. The van der Waals surface area contributed by atoms with Crippen LogP contribution >= 0.6 is 0 Å². The molecule has 2 N–H and O–H groups in total. The minimum atomic E-state index is 0.202. The largest absolute Gasteiger partial charge is 0.341 e. The van der Waals surface area contributed by atoms with E-state index in [0.717, 1.165) is 24.0 Å². The van der Waals surface area contributed by atoms with Gasteiger partial charge in [0.25, 0.3) is 0 Å². The number of carbonyl (C=O) groups is 1. The van der Waals surface area contributed by atoms with Gasteiger partial charge >= 0.3 is 0 Å². The van der Waals surface area contributed by atoms with Gasteiger partial charge in [-0.2, -0.15) is 0 Å². The predicted octanol–water partition coefficient (Wildman–Crippen LogP) is 2.93. The second kappa shape index (κ2) is 10.0. The van der Waals surface area contributed by atoms with Crippen molar-refractivity contribution in [2.75, 3.05) is 13.6 Å². The van der Waals surface area contributed by atoms with Crippen molar-refractivity contribution >= 4 is 5.91 Å². The molecule has 0 aromatic heterocycles. The van der Waals surface area contributed by atoms with Crippen LogP contribution in [0, 0.1) is 11.8 Å². The fourth-order valence-corrected chi connectivity index (χ4v) is 2.16. The van der Waals surface area contributed by atoms with Crippen LogP contribution in [0.2, 0.25) is 0 Å². The van der Waals surface area contributed by atoms with E-state index < -0.39 is 0 Å². The summed E-state index contributed by atoms with van der Waals surface area (Å²) in [5.41, 5.74) is 7.44. The lowest BCUT2D eigenvalue weighted by Crippen LogP contribution is -2.26. The van der Waals surface area contributed by atoms with E-state index in [0.29, 0.717) is 19.5 Å². The van der Waals surface area contributed by atoms with E-state index in [2.05, 4.69) is 18.8 Å². The molecule has 114 valence electrons. The van der Waals surface area contributed by atoms with Crippen LogP contribution in [0.5, 0.6) is 0 Å². The van der Waals surface area contributed by atoms with Crippen LogP contribution in [0.4, 0.5) is 0 Å². The Kier molecular flexibility index (Phi) is 8.23. The third kappa shape index (κ3) is 6.46. The van der Waals surface area contributed by atoms with Gasteiger partial charge in [-0.25, -0.2) is 0 Å². The summed E-state index contributed by atoms with van der Waals surface area (Å²) in [6.45, 7) is 3.12. The van der Waals surface area contributed by atoms with Crippen molar-refractivity contribution in [1.29, 1.82) is 0 Å². The maximum atomic E-state index is 12.1. The molecule has 3 nitrogen and oxygen atoms in total. The number of hydrogen-bond acceptors (Lipinski definition) is 2. The van der Waals surface area contributed by atoms with Crippen LogP contribution in [-0.2, 0) is 11.3 Å². The van der Waals surface area contributed by atoms with Crippen molar-refractivity contribution in [3.05, 3.63) is 35.4 Å². The fraction of sp³-hybridized carbons (Fsp3) is 0.500. The number of nitrogens with zero attached hydrogens (tertiary/aromatic N) is 1. The summed E-state index contributed by atoms with van der Waals surface area (Å²) in [7, 11) is 1.86. The van der Waals surface area contributed by atoms with Crippen LogP contribution in [0.3, 0.4) is 0 Å². The summed E-state index contributed by atoms with van der Waals surface area (Å²) in [6, 6.07) is 7.91. The van der Waals surface area contributed by atoms with Crippen molar-refractivity contribution in [3.8, 4) is 11.8 Å². The standard InChI is InChI=1S/C18H26N2O/c1-3-4-5-6-13-18(21)20(2)15-17-11-8-7-10-16(17)12-9-14-19/h7-8,10-11H,3-6,13-15,19H2,1-2H3. The number of nitrogens with two attached hydrogens (primary N) is 1. The van der Waals surface area contributed by atoms with Gasteiger partial charge in [0.2, 0.25) is 5.91 Å². The lowest BCUT2D eigenvalue weighted by molar-refractivity contribution is -0.130. The number of benzene rings is 1. The zero-order valence-electron chi connectivity index (χ0n) is 13.2. The molecule has 1 rings (SSSR count). The van der Waals surface area contributed by atoms with Crippen LogP contribution in [0.1, 0.15) is 50.2 Å². The van der Waals surface area contributed by atoms with Crippen molar-refractivity contribution in [2.24, 2.45) is 5.73 Å². The first-order chi connectivity index (χ1) is 10.2. The molecule has 0 unspecified atom stereocenters. The Labute approximate surface area is 128 Å². The summed E-state index contributed by atoms with van der Waals surface area (Å²) < 4.78 is 0. The molecule has 0 heterocycles. The average Bonchev–Trinajstić information content (AvgIpc) is 2.50. The number of unbranched alkanes of at least 4 members (excludes halogenated alkanes) is 3. The van der Waals surface area contributed by atoms with Gasteiger partial charge in [0.15, 0.2) is 0 Å². The van der Waals surface area contributed by atoms with Crippen LogP contribution < -0.4 is 5.73 Å². The molecule has 0 bridgehead atoms. The SMILES string of the molecule is CCCCCCC(=O)N(C)Cc1ccccc1C#CCN. The normalized spacial score (nSPS) is 9.86. The van der Waals surface area contributed by atoms with Crippen molar-refractivity contribution in [1.82, 2.24) is 4.90 Å². The lowest BCUT2D eigenvalue weighted by Gasteiger charge is -2.18. The van der Waals surface area contributed by atoms with Crippen LogP contribution in [-0.4, -0.2) is 24.4 Å². The zero-order chi connectivity index (χ0) is 15.5. The molecule has 0 atom stereocenters. The smallest absolute Gasteiger partial charge is 0.222 e. The topological polar surface area (TPSA) is 46.3 Å². The quantitative estimate of drug-likeness (QED) is 0.619. The maximum Gasteiger partial charge on any atom is 0.222 e. The zero-order valence-corrected chi connectivity index (χ0v) is 13.2. The highest BCUT2D eigenvalue weighted by atomic mass is 16.2. The second-order valence-electron chi connectivity index (χ2n) is 5.22. The van der Waals surface area contributed by atoms with Gasteiger partial charge < -0.3 is 10.6 Å². The highest BCUT2D eigenvalue weighted by Gasteiger charge is 2.10. The molecule has 0 aliphatic carbocycles. The summed E-state index contributed by atoms with van der Waals surface area (Å²) in [5.74, 6) is 6.14. The minimum Gasteiger partial charge on any atom is -0.341 e. The number of carbonyl (C=O) groups excluding carboxylic acids is 1. The molecular formula is C18H26N2O. The third-order valence-corrected chi connectivity index (χ3v) is 3.42. The van der Waals surface area contributed by atoms with E-state index in [-0.39, 0.29) is 5.91 Å². The molecule has 0 aliphatic heterocycles. The van der Waals surface area contributed by atoms with E-state index in [1.807, 2.05) is 31.3 Å². The van der Waals surface area contributed by atoms with Gasteiger partial charge in [-0.3, -0.25) is 4.79 Å². The van der Waals surface area contributed by atoms with E-state index in [1.54, 1.807) is 4.90 Å². The Morgan fingerprint density at radius 1 is 1.24 bits per heavy atom. The van der Waals surface area contributed by atoms with Crippen LogP contribution in [0.15, 0.2) is 24.3 Å². The number of amides is 1. The summed E-state index contributed by atoms with van der Waals surface area (Å²) in [6.07, 6.45) is 5.14. The molecule has 0 saturated carbocycles. The molecule has 1 aromatic carbocycles. The molecule has 1 amide bonds. The van der Waals surface area contributed by atoms with E-state index >= 15 is 0 Å². The molecule has 21 heavy (non-hydrogen) atoms. The van der Waals surface area contributed by atoms with Gasteiger partial charge in [0, 0.05) is 25.6 Å². The van der Waals surface area contributed by atoms with Crippen molar-refractivity contribution in [3.63, 3.8) is 0 Å². The molecular weight excluding hydrogens is 260 g/mol. The first-order valence-corrected chi connectivity index (χ1v) is 7.69. The van der Waals surface area contributed by atoms with Gasteiger partial charge in [0.1, 0.15) is 0 Å². The van der Waals surface area contributed by atoms with Gasteiger partial charge in [0.05, 0.1) is 6.54 Å². The Balaban J connectivity index is 2.57. The predicted molar refractivity (Wildman–Crippen MR) is 87.6 cm³/mol. The van der Waals surface area contributed by atoms with Crippen molar-refractivity contribution in [2.45, 2.75) is 45.6 Å². The average molecular weight is 286 g/mol. The van der Waals surface area contributed by atoms with Crippen molar-refractivity contribution < 1.29 is 4.79 Å². The first-order valence-electron chi connectivity index (χ1n) is 7.69. The summed E-state index contributed by atoms with van der Waals surface area (Å²) in [5, 5.41) is 0. The lowest BCUT2D eigenvalue weighted by atomic mass is 10.1. The first kappa shape index (κ1) is 17.3. The Morgan fingerprint density at radius 2 is 2.00 bits per heavy atom. The Morgan fingerprint density at radius 3 is 2.71 bits per heavy atom. The van der Waals surface area contributed by atoms with E-state index in [1.165, 1.54) is 12.8 Å². The number of rotatable bonds is 7. The molecule has 3 heteroatoms. The van der Waals surface area contributed by atoms with Gasteiger partial charge in [-0.15, -0.1) is 0 Å². The molecule has 0 aliphatic rings. The Hall–Kier alpha value is -1.79. The monoisotopic (exact) mass is 286 g/mol. The van der Waals surface area contributed by atoms with Gasteiger partial charge in [-0.1, -0.05) is 56.2 Å². The summed E-state index contributed by atoms with van der Waals surface area (Å²) >= 11 is 0.